The van der Waals surface area contributed by atoms with Crippen molar-refractivity contribution in [1.82, 2.24) is 15.3 Å². The highest BCUT2D eigenvalue weighted by Crippen LogP contribution is 2.17. The number of aromatic nitrogens is 2. The first-order valence-corrected chi connectivity index (χ1v) is 6.39. The molecule has 1 aromatic heterocycles. The number of hydrogen-bond acceptors (Lipinski definition) is 6. The van der Waals surface area contributed by atoms with Gasteiger partial charge in [-0.25, -0.2) is 4.98 Å². The van der Waals surface area contributed by atoms with Gasteiger partial charge >= 0.3 is 6.01 Å². The van der Waals surface area contributed by atoms with E-state index in [0.29, 0.717) is 18.5 Å². The van der Waals surface area contributed by atoms with Crippen LogP contribution in [0.15, 0.2) is 6.07 Å². The van der Waals surface area contributed by atoms with Crippen LogP contribution in [0, 0.1) is 6.92 Å². The predicted molar refractivity (Wildman–Crippen MR) is 70.6 cm³/mol. The Morgan fingerprint density at radius 3 is 2.95 bits per heavy atom. The Morgan fingerprint density at radius 1 is 1.47 bits per heavy atom. The molecule has 0 amide bonds. The van der Waals surface area contributed by atoms with Crippen molar-refractivity contribution in [2.75, 3.05) is 26.8 Å². The van der Waals surface area contributed by atoms with Gasteiger partial charge in [-0.3, -0.25) is 0 Å². The number of hydrogen-bond donors (Lipinski definition) is 1. The van der Waals surface area contributed by atoms with Gasteiger partial charge in [0.05, 0.1) is 12.7 Å². The lowest BCUT2D eigenvalue weighted by Gasteiger charge is -2.36. The first-order chi connectivity index (χ1) is 8.98. The summed E-state index contributed by atoms with van der Waals surface area (Å²) >= 11 is 0. The van der Waals surface area contributed by atoms with Crippen molar-refractivity contribution in [2.24, 2.45) is 0 Å². The maximum atomic E-state index is 5.91. The van der Waals surface area contributed by atoms with Gasteiger partial charge in [0.15, 0.2) is 0 Å². The molecule has 0 bridgehead atoms. The molecule has 6 nitrogen and oxygen atoms in total. The van der Waals surface area contributed by atoms with Gasteiger partial charge in [0.25, 0.3) is 0 Å². The van der Waals surface area contributed by atoms with Crippen molar-refractivity contribution in [2.45, 2.75) is 32.5 Å². The molecule has 0 radical (unpaired) electrons. The number of methoxy groups -OCH3 is 1. The number of nitrogens with zero attached hydrogens (tertiary/aromatic N) is 2. The fourth-order valence-electron chi connectivity index (χ4n) is 2.01. The van der Waals surface area contributed by atoms with Crippen LogP contribution >= 0.6 is 0 Å². The molecular weight excluding hydrogens is 246 g/mol. The molecule has 6 heteroatoms. The molecule has 2 rings (SSSR count). The third-order valence-corrected chi connectivity index (χ3v) is 2.83. The standard InChI is InChI=1S/C13H21N3O3/c1-9-5-11(17-4)16-12(15-9)18-7-10-6-14-8-13(2,3)19-10/h5,10,14H,6-8H2,1-4H3. The van der Waals surface area contributed by atoms with Crippen LogP contribution in [0.25, 0.3) is 0 Å². The van der Waals surface area contributed by atoms with Crippen LogP contribution in [0.1, 0.15) is 19.5 Å². The molecule has 2 heterocycles. The Labute approximate surface area is 113 Å². The fourth-order valence-corrected chi connectivity index (χ4v) is 2.01. The number of aryl methyl sites for hydroxylation is 1. The number of nitrogens with one attached hydrogen (secondary N) is 1. The molecule has 0 aromatic carbocycles. The second-order valence-corrected chi connectivity index (χ2v) is 5.28. The lowest BCUT2D eigenvalue weighted by atomic mass is 10.1. The summed E-state index contributed by atoms with van der Waals surface area (Å²) in [7, 11) is 1.57. The molecule has 0 spiro atoms. The van der Waals surface area contributed by atoms with E-state index in [4.69, 9.17) is 14.2 Å². The molecule has 0 aliphatic carbocycles. The van der Waals surface area contributed by atoms with Gasteiger partial charge in [-0.1, -0.05) is 0 Å². The van der Waals surface area contributed by atoms with Crippen LogP contribution in [-0.4, -0.2) is 48.5 Å². The Morgan fingerprint density at radius 2 is 2.26 bits per heavy atom. The van der Waals surface area contributed by atoms with E-state index in [9.17, 15) is 0 Å². The van der Waals surface area contributed by atoms with E-state index in [1.165, 1.54) is 0 Å². The van der Waals surface area contributed by atoms with E-state index in [1.54, 1.807) is 13.2 Å². The van der Waals surface area contributed by atoms with E-state index in [2.05, 4.69) is 29.1 Å². The minimum absolute atomic E-state index is 0.00106. The SMILES string of the molecule is COc1cc(C)nc(OCC2CNCC(C)(C)O2)n1. The molecule has 1 saturated heterocycles. The smallest absolute Gasteiger partial charge is 0.320 e. The molecule has 1 aliphatic heterocycles. The van der Waals surface area contributed by atoms with Crippen LogP contribution < -0.4 is 14.8 Å². The van der Waals surface area contributed by atoms with Crippen molar-refractivity contribution in [3.8, 4) is 11.9 Å². The maximum Gasteiger partial charge on any atom is 0.320 e. The van der Waals surface area contributed by atoms with Crippen LogP contribution in [-0.2, 0) is 4.74 Å². The third-order valence-electron chi connectivity index (χ3n) is 2.83. The zero-order valence-electron chi connectivity index (χ0n) is 11.9. The van der Waals surface area contributed by atoms with Crippen LogP contribution in [0.4, 0.5) is 0 Å². The predicted octanol–water partition coefficient (Wildman–Crippen LogP) is 0.939. The first-order valence-electron chi connectivity index (χ1n) is 6.39. The number of morpholine rings is 1. The van der Waals surface area contributed by atoms with Gasteiger partial charge in [0.1, 0.15) is 12.7 Å². The Balaban J connectivity index is 1.93. The van der Waals surface area contributed by atoms with Crippen LogP contribution in [0.3, 0.4) is 0 Å². The molecule has 1 atom stereocenters. The zero-order valence-corrected chi connectivity index (χ0v) is 11.9. The lowest BCUT2D eigenvalue weighted by molar-refractivity contribution is -0.107. The van der Waals surface area contributed by atoms with E-state index in [0.717, 1.165) is 18.8 Å². The second-order valence-electron chi connectivity index (χ2n) is 5.28. The molecular formula is C13H21N3O3. The molecule has 19 heavy (non-hydrogen) atoms. The normalized spacial score (nSPS) is 22.0. The molecule has 106 valence electrons. The fraction of sp³-hybridized carbons (Fsp3) is 0.692. The summed E-state index contributed by atoms with van der Waals surface area (Å²) in [5, 5.41) is 3.32. The Hall–Kier alpha value is -1.40. The summed E-state index contributed by atoms with van der Waals surface area (Å²) in [6, 6.07) is 2.08. The van der Waals surface area contributed by atoms with Crippen LogP contribution in [0.2, 0.25) is 0 Å². The van der Waals surface area contributed by atoms with Gasteiger partial charge in [-0.15, -0.1) is 0 Å². The number of rotatable bonds is 4. The molecule has 1 aliphatic rings. The van der Waals surface area contributed by atoms with Crippen molar-refractivity contribution in [3.63, 3.8) is 0 Å². The monoisotopic (exact) mass is 267 g/mol. The first kappa shape index (κ1) is 14.0. The Bertz CT molecular complexity index is 437. The summed E-state index contributed by atoms with van der Waals surface area (Å²) in [6.45, 7) is 8.02. The zero-order chi connectivity index (χ0) is 13.9. The van der Waals surface area contributed by atoms with E-state index in [-0.39, 0.29) is 11.7 Å². The average molecular weight is 267 g/mol. The van der Waals surface area contributed by atoms with Crippen molar-refractivity contribution >= 4 is 0 Å². The topological polar surface area (TPSA) is 65.5 Å². The van der Waals surface area contributed by atoms with Crippen molar-refractivity contribution in [3.05, 3.63) is 11.8 Å². The highest BCUT2D eigenvalue weighted by molar-refractivity contribution is 5.17. The van der Waals surface area contributed by atoms with Crippen LogP contribution in [0.5, 0.6) is 11.9 Å². The highest BCUT2D eigenvalue weighted by atomic mass is 16.6. The van der Waals surface area contributed by atoms with E-state index < -0.39 is 0 Å². The summed E-state index contributed by atoms with van der Waals surface area (Å²) in [4.78, 5) is 8.35. The van der Waals surface area contributed by atoms with Crippen molar-refractivity contribution < 1.29 is 14.2 Å². The summed E-state index contributed by atoms with van der Waals surface area (Å²) in [5.41, 5.74) is 0.641. The largest absolute Gasteiger partial charge is 0.481 e. The molecule has 0 saturated carbocycles. The van der Waals surface area contributed by atoms with Gasteiger partial charge in [0, 0.05) is 24.8 Å². The highest BCUT2D eigenvalue weighted by Gasteiger charge is 2.28. The van der Waals surface area contributed by atoms with Crippen molar-refractivity contribution in [1.29, 1.82) is 0 Å². The quantitative estimate of drug-likeness (QED) is 0.876. The maximum absolute atomic E-state index is 5.91. The summed E-state index contributed by atoms with van der Waals surface area (Å²) in [5.74, 6) is 0.505. The molecule has 1 aromatic rings. The van der Waals surface area contributed by atoms with Gasteiger partial charge in [-0.05, 0) is 20.8 Å². The summed E-state index contributed by atoms with van der Waals surface area (Å²) < 4.78 is 16.6. The molecule has 1 N–H and O–H groups in total. The Kier molecular flexibility index (Phi) is 4.21. The van der Waals surface area contributed by atoms with E-state index >= 15 is 0 Å². The lowest BCUT2D eigenvalue weighted by Crippen LogP contribution is -2.52. The minimum Gasteiger partial charge on any atom is -0.481 e. The second kappa shape index (κ2) is 5.71. The summed E-state index contributed by atoms with van der Waals surface area (Å²) in [6.07, 6.45) is -0.00106. The van der Waals surface area contributed by atoms with Gasteiger partial charge < -0.3 is 19.5 Å². The molecule has 1 fully saturated rings. The van der Waals surface area contributed by atoms with Gasteiger partial charge in [-0.2, -0.15) is 4.98 Å². The number of ether oxygens (including phenoxy) is 3. The average Bonchev–Trinajstić information content (AvgIpc) is 2.34. The molecule has 1 unspecified atom stereocenters. The minimum atomic E-state index is -0.169. The van der Waals surface area contributed by atoms with E-state index in [1.807, 2.05) is 6.92 Å². The van der Waals surface area contributed by atoms with Gasteiger partial charge in [0.2, 0.25) is 5.88 Å². The third kappa shape index (κ3) is 4.04.